The second-order valence-electron chi connectivity index (χ2n) is 8.71. The minimum Gasteiger partial charge on any atom is -0.452 e. The van der Waals surface area contributed by atoms with Gasteiger partial charge in [0.15, 0.2) is 6.10 Å². The lowest BCUT2D eigenvalue weighted by atomic mass is 9.87. The van der Waals surface area contributed by atoms with E-state index in [1.165, 1.54) is 13.8 Å². The Bertz CT molecular complexity index is 992. The first-order chi connectivity index (χ1) is 15.5. The molecule has 0 radical (unpaired) electrons. The molecule has 2 rings (SSSR count). The number of hydrogen-bond acceptors (Lipinski definition) is 5. The number of amides is 3. The third kappa shape index (κ3) is 8.40. The van der Waals surface area contributed by atoms with E-state index in [0.717, 1.165) is 5.56 Å². The van der Waals surface area contributed by atoms with Gasteiger partial charge in [-0.05, 0) is 54.3 Å². The molecule has 0 spiro atoms. The maximum Gasteiger partial charge on any atom is 0.308 e. The number of hydrogen-bond donors (Lipinski definition) is 3. The van der Waals surface area contributed by atoms with Gasteiger partial charge >= 0.3 is 5.97 Å². The molecule has 0 saturated carbocycles. The van der Waals surface area contributed by atoms with Crippen LogP contribution >= 0.6 is 0 Å². The molecular formula is C25H31N3O5. The van der Waals surface area contributed by atoms with Crippen LogP contribution in [0.2, 0.25) is 0 Å². The zero-order valence-electron chi connectivity index (χ0n) is 19.7. The minimum absolute atomic E-state index is 0.00208. The monoisotopic (exact) mass is 453 g/mol. The fourth-order valence-corrected chi connectivity index (χ4v) is 2.90. The lowest BCUT2D eigenvalue weighted by Crippen LogP contribution is -2.32. The van der Waals surface area contributed by atoms with E-state index in [1.54, 1.807) is 36.4 Å². The van der Waals surface area contributed by atoms with Crippen LogP contribution in [0, 0.1) is 0 Å². The number of esters is 1. The summed E-state index contributed by atoms with van der Waals surface area (Å²) in [6.07, 6.45) is -1.07. The molecule has 0 fully saturated rings. The summed E-state index contributed by atoms with van der Waals surface area (Å²) < 4.78 is 5.14. The van der Waals surface area contributed by atoms with Crippen molar-refractivity contribution in [1.82, 2.24) is 5.32 Å². The third-order valence-corrected chi connectivity index (χ3v) is 4.78. The highest BCUT2D eigenvalue weighted by Gasteiger charge is 2.18. The van der Waals surface area contributed by atoms with E-state index in [1.807, 2.05) is 12.1 Å². The molecule has 2 aromatic rings. The predicted octanol–water partition coefficient (Wildman–Crippen LogP) is 3.63. The maximum atomic E-state index is 12.3. The van der Waals surface area contributed by atoms with Gasteiger partial charge in [-0.1, -0.05) is 32.9 Å². The highest BCUT2D eigenvalue weighted by Crippen LogP contribution is 2.22. The van der Waals surface area contributed by atoms with Crippen LogP contribution in [0.4, 0.5) is 11.4 Å². The Hall–Kier alpha value is -3.68. The molecule has 1 atom stereocenters. The average Bonchev–Trinajstić information content (AvgIpc) is 2.74. The van der Waals surface area contributed by atoms with Gasteiger partial charge in [-0.3, -0.25) is 19.2 Å². The molecular weight excluding hydrogens is 422 g/mol. The zero-order valence-corrected chi connectivity index (χ0v) is 19.7. The van der Waals surface area contributed by atoms with Crippen molar-refractivity contribution in [1.29, 1.82) is 0 Å². The second kappa shape index (κ2) is 11.3. The van der Waals surface area contributed by atoms with Gasteiger partial charge in [-0.2, -0.15) is 0 Å². The molecule has 0 aliphatic heterocycles. The van der Waals surface area contributed by atoms with Gasteiger partial charge in [0.2, 0.25) is 5.91 Å². The molecule has 33 heavy (non-hydrogen) atoms. The maximum absolute atomic E-state index is 12.3. The van der Waals surface area contributed by atoms with E-state index in [9.17, 15) is 19.2 Å². The Labute approximate surface area is 194 Å². The number of nitrogens with one attached hydrogen (secondary N) is 3. The molecule has 8 heteroatoms. The first-order valence-corrected chi connectivity index (χ1v) is 10.7. The molecule has 2 aromatic carbocycles. The molecule has 8 nitrogen and oxygen atoms in total. The average molecular weight is 454 g/mol. The number of ether oxygens (including phenoxy) is 1. The lowest BCUT2D eigenvalue weighted by molar-refractivity contribution is -0.153. The first kappa shape index (κ1) is 25.6. The van der Waals surface area contributed by atoms with Gasteiger partial charge in [0, 0.05) is 30.4 Å². The number of carbonyl (C=O) groups is 4. The van der Waals surface area contributed by atoms with E-state index in [2.05, 4.69) is 36.7 Å². The summed E-state index contributed by atoms with van der Waals surface area (Å²) in [7, 11) is 0. The quantitative estimate of drug-likeness (QED) is 0.528. The van der Waals surface area contributed by atoms with Crippen molar-refractivity contribution in [3.05, 3.63) is 59.7 Å². The lowest BCUT2D eigenvalue weighted by Gasteiger charge is -2.19. The molecule has 1 unspecified atom stereocenters. The van der Waals surface area contributed by atoms with Crippen LogP contribution < -0.4 is 16.0 Å². The molecule has 0 aliphatic rings. The topological polar surface area (TPSA) is 114 Å². The largest absolute Gasteiger partial charge is 0.452 e. The Balaban J connectivity index is 1.75. The highest BCUT2D eigenvalue weighted by molar-refractivity contribution is 5.96. The second-order valence-corrected chi connectivity index (χ2v) is 8.71. The number of anilines is 2. The van der Waals surface area contributed by atoms with Crippen molar-refractivity contribution >= 4 is 35.1 Å². The van der Waals surface area contributed by atoms with Crippen LogP contribution in [0.3, 0.4) is 0 Å². The molecule has 0 saturated heterocycles. The summed E-state index contributed by atoms with van der Waals surface area (Å²) in [5.41, 5.74) is 2.74. The van der Waals surface area contributed by atoms with E-state index < -0.39 is 18.0 Å². The molecule has 3 amide bonds. The smallest absolute Gasteiger partial charge is 0.308 e. The summed E-state index contributed by atoms with van der Waals surface area (Å²) in [6, 6.07) is 13.9. The number of carbonyl (C=O) groups excluding carboxylic acids is 4. The third-order valence-electron chi connectivity index (χ3n) is 4.78. The van der Waals surface area contributed by atoms with Crippen molar-refractivity contribution < 1.29 is 23.9 Å². The molecule has 0 bridgehead atoms. The van der Waals surface area contributed by atoms with E-state index in [0.29, 0.717) is 16.9 Å². The van der Waals surface area contributed by atoms with Gasteiger partial charge < -0.3 is 20.7 Å². The van der Waals surface area contributed by atoms with Crippen molar-refractivity contribution in [2.75, 3.05) is 17.2 Å². The number of rotatable bonds is 8. The van der Waals surface area contributed by atoms with Crippen molar-refractivity contribution in [3.63, 3.8) is 0 Å². The van der Waals surface area contributed by atoms with E-state index in [4.69, 9.17) is 4.74 Å². The standard InChI is InChI=1S/C25H31N3O5/c1-16(23(31)28-21-12-10-20(11-13-21)27-17(2)29)33-22(30)14-15-26-24(32)18-6-8-19(9-7-18)25(3,4)5/h6-13,16H,14-15H2,1-5H3,(H,26,32)(H,27,29)(H,28,31). The molecule has 0 heterocycles. The molecule has 3 N–H and O–H groups in total. The van der Waals surface area contributed by atoms with Gasteiger partial charge in [-0.15, -0.1) is 0 Å². The van der Waals surface area contributed by atoms with Gasteiger partial charge in [0.1, 0.15) is 0 Å². The summed E-state index contributed by atoms with van der Waals surface area (Å²) in [6.45, 7) is 9.25. The van der Waals surface area contributed by atoms with Gasteiger partial charge in [0.05, 0.1) is 6.42 Å². The van der Waals surface area contributed by atoms with Crippen LogP contribution in [-0.2, 0) is 24.5 Å². The summed E-state index contributed by atoms with van der Waals surface area (Å²) in [5.74, 6) is -1.56. The van der Waals surface area contributed by atoms with E-state index >= 15 is 0 Å². The van der Waals surface area contributed by atoms with Gasteiger partial charge in [0.25, 0.3) is 11.8 Å². The summed E-state index contributed by atoms with van der Waals surface area (Å²) in [4.78, 5) is 47.6. The number of benzene rings is 2. The summed E-state index contributed by atoms with van der Waals surface area (Å²) >= 11 is 0. The van der Waals surface area contributed by atoms with Crippen LogP contribution in [0.15, 0.2) is 48.5 Å². The predicted molar refractivity (Wildman–Crippen MR) is 127 cm³/mol. The SMILES string of the molecule is CC(=O)Nc1ccc(NC(=O)C(C)OC(=O)CCNC(=O)c2ccc(C(C)(C)C)cc2)cc1. The normalized spacial score (nSPS) is 11.8. The zero-order chi connectivity index (χ0) is 24.6. The Morgan fingerprint density at radius 3 is 1.94 bits per heavy atom. The Kier molecular flexibility index (Phi) is 8.73. The molecule has 0 aromatic heterocycles. The Morgan fingerprint density at radius 2 is 1.42 bits per heavy atom. The minimum atomic E-state index is -1.01. The van der Waals surface area contributed by atoms with Crippen molar-refractivity contribution in [3.8, 4) is 0 Å². The Morgan fingerprint density at radius 1 is 0.879 bits per heavy atom. The van der Waals surface area contributed by atoms with E-state index in [-0.39, 0.29) is 30.2 Å². The first-order valence-electron chi connectivity index (χ1n) is 10.7. The van der Waals surface area contributed by atoms with Crippen molar-refractivity contribution in [2.45, 2.75) is 52.6 Å². The summed E-state index contributed by atoms with van der Waals surface area (Å²) in [5, 5.41) is 7.95. The van der Waals surface area contributed by atoms with Crippen LogP contribution in [0.25, 0.3) is 0 Å². The van der Waals surface area contributed by atoms with Crippen LogP contribution in [0.5, 0.6) is 0 Å². The molecule has 0 aliphatic carbocycles. The van der Waals surface area contributed by atoms with Crippen LogP contribution in [-0.4, -0.2) is 36.3 Å². The van der Waals surface area contributed by atoms with Crippen LogP contribution in [0.1, 0.15) is 57.0 Å². The van der Waals surface area contributed by atoms with Crippen molar-refractivity contribution in [2.24, 2.45) is 0 Å². The highest BCUT2D eigenvalue weighted by atomic mass is 16.5. The fourth-order valence-electron chi connectivity index (χ4n) is 2.90. The van der Waals surface area contributed by atoms with Gasteiger partial charge in [-0.25, -0.2) is 0 Å². The fraction of sp³-hybridized carbons (Fsp3) is 0.360. The molecule has 176 valence electrons.